The van der Waals surface area contributed by atoms with Crippen molar-refractivity contribution in [2.24, 2.45) is 0 Å². The Hall–Kier alpha value is -2.48. The van der Waals surface area contributed by atoms with Crippen LogP contribution in [0.25, 0.3) is 0 Å². The number of hydrogen-bond donors (Lipinski definition) is 1. The number of hydrogen-bond acceptors (Lipinski definition) is 5. The van der Waals surface area contributed by atoms with E-state index in [1.807, 2.05) is 0 Å². The molecule has 1 fully saturated rings. The molecule has 1 aromatic heterocycles. The van der Waals surface area contributed by atoms with Gasteiger partial charge >= 0.3 is 6.03 Å². The lowest BCUT2D eigenvalue weighted by atomic mass is 10.2. The maximum atomic E-state index is 12.3. The quantitative estimate of drug-likeness (QED) is 0.892. The van der Waals surface area contributed by atoms with E-state index in [2.05, 4.69) is 5.32 Å². The average molecular weight is 350 g/mol. The molecule has 0 unspecified atom stereocenters. The van der Waals surface area contributed by atoms with Crippen LogP contribution in [0, 0.1) is 0 Å². The topological polar surface area (TPSA) is 88.9 Å². The molecule has 2 heterocycles. The highest BCUT2D eigenvalue weighted by Crippen LogP contribution is 2.23. The molecule has 2 amide bonds. The van der Waals surface area contributed by atoms with Crippen molar-refractivity contribution in [2.75, 3.05) is 25.5 Å². The zero-order valence-electron chi connectivity index (χ0n) is 13.1. The number of nitrogens with one attached hydrogen (secondary N) is 1. The second kappa shape index (κ2) is 6.56. The number of amides is 2. The van der Waals surface area contributed by atoms with Gasteiger partial charge in [0.15, 0.2) is 9.84 Å². The molecule has 0 atom stereocenters. The molecule has 0 aliphatic carbocycles. The number of rotatable bonds is 5. The van der Waals surface area contributed by atoms with Gasteiger partial charge in [-0.2, -0.15) is 0 Å². The van der Waals surface area contributed by atoms with Gasteiger partial charge < -0.3 is 19.4 Å². The van der Waals surface area contributed by atoms with Crippen molar-refractivity contribution < 1.29 is 22.4 Å². The molecule has 0 saturated carbocycles. The molecule has 0 spiro atoms. The Balaban J connectivity index is 1.54. The van der Waals surface area contributed by atoms with Crippen molar-refractivity contribution in [2.45, 2.75) is 11.0 Å². The molecule has 1 saturated heterocycles. The van der Waals surface area contributed by atoms with E-state index in [9.17, 15) is 13.2 Å². The van der Waals surface area contributed by atoms with Gasteiger partial charge in [-0.05, 0) is 24.3 Å². The number of nitrogens with zero attached hydrogens (tertiary/aromatic N) is 1. The second-order valence-electron chi connectivity index (χ2n) is 5.58. The number of anilines is 1. The standard InChI is InChI=1S/C16H18N2O5S/c1-22-13-5-2-4-12(8-13)17-16(19)18-9-15(10-18)24(20,21)11-14-6-3-7-23-14/h2-8,15H,9-11H2,1H3,(H,17,19). The summed E-state index contributed by atoms with van der Waals surface area (Å²) >= 11 is 0. The van der Waals surface area contributed by atoms with Crippen LogP contribution in [-0.4, -0.2) is 44.8 Å². The Kier molecular flexibility index (Phi) is 4.48. The van der Waals surface area contributed by atoms with Gasteiger partial charge in [-0.15, -0.1) is 0 Å². The summed E-state index contributed by atoms with van der Waals surface area (Å²) in [5, 5.41) is 2.17. The van der Waals surface area contributed by atoms with Crippen LogP contribution >= 0.6 is 0 Å². The lowest BCUT2D eigenvalue weighted by Gasteiger charge is -2.38. The number of ether oxygens (including phenoxy) is 1. The van der Waals surface area contributed by atoms with Crippen LogP contribution in [-0.2, 0) is 15.6 Å². The molecule has 1 aliphatic heterocycles. The van der Waals surface area contributed by atoms with E-state index < -0.39 is 15.1 Å². The molecular formula is C16H18N2O5S. The van der Waals surface area contributed by atoms with Crippen molar-refractivity contribution in [1.82, 2.24) is 4.90 Å². The van der Waals surface area contributed by atoms with Gasteiger partial charge in [0.1, 0.15) is 17.3 Å². The lowest BCUT2D eigenvalue weighted by Crippen LogP contribution is -2.58. The summed E-state index contributed by atoms with van der Waals surface area (Å²) in [6.07, 6.45) is 1.44. The van der Waals surface area contributed by atoms with Gasteiger partial charge in [0, 0.05) is 24.8 Å². The lowest BCUT2D eigenvalue weighted by molar-refractivity contribution is 0.182. The molecule has 2 aromatic rings. The molecule has 0 bridgehead atoms. The third-order valence-corrected chi connectivity index (χ3v) is 5.89. The Morgan fingerprint density at radius 2 is 2.12 bits per heavy atom. The fourth-order valence-corrected chi connectivity index (χ4v) is 4.06. The smallest absolute Gasteiger partial charge is 0.321 e. The van der Waals surface area contributed by atoms with Crippen LogP contribution in [0.2, 0.25) is 0 Å². The number of likely N-dealkylation sites (tertiary alicyclic amines) is 1. The molecule has 7 nitrogen and oxygen atoms in total. The maximum Gasteiger partial charge on any atom is 0.321 e. The van der Waals surface area contributed by atoms with Crippen molar-refractivity contribution in [3.63, 3.8) is 0 Å². The summed E-state index contributed by atoms with van der Waals surface area (Å²) in [4.78, 5) is 13.6. The van der Waals surface area contributed by atoms with Crippen molar-refractivity contribution in [1.29, 1.82) is 0 Å². The summed E-state index contributed by atoms with van der Waals surface area (Å²) in [6, 6.07) is 9.93. The summed E-state index contributed by atoms with van der Waals surface area (Å²) in [6.45, 7) is 0.359. The van der Waals surface area contributed by atoms with E-state index in [-0.39, 0.29) is 24.9 Å². The fraction of sp³-hybridized carbons (Fsp3) is 0.312. The van der Waals surface area contributed by atoms with Gasteiger partial charge in [0.2, 0.25) is 0 Å². The highest BCUT2D eigenvalue weighted by molar-refractivity contribution is 7.91. The highest BCUT2D eigenvalue weighted by atomic mass is 32.2. The molecule has 1 aliphatic rings. The van der Waals surface area contributed by atoms with Crippen LogP contribution in [0.1, 0.15) is 5.76 Å². The van der Waals surface area contributed by atoms with Crippen molar-refractivity contribution in [3.05, 3.63) is 48.4 Å². The van der Waals surface area contributed by atoms with Gasteiger partial charge in [0.05, 0.1) is 18.6 Å². The van der Waals surface area contributed by atoms with Crippen LogP contribution in [0.5, 0.6) is 5.75 Å². The van der Waals surface area contributed by atoms with E-state index in [0.717, 1.165) is 0 Å². The minimum atomic E-state index is -3.33. The highest BCUT2D eigenvalue weighted by Gasteiger charge is 2.40. The normalized spacial score (nSPS) is 15.0. The average Bonchev–Trinajstić information content (AvgIpc) is 2.97. The molecule has 128 valence electrons. The number of urea groups is 1. The first kappa shape index (κ1) is 16.4. The minimum absolute atomic E-state index is 0.143. The first-order chi connectivity index (χ1) is 11.5. The number of carbonyl (C=O) groups is 1. The van der Waals surface area contributed by atoms with E-state index >= 15 is 0 Å². The van der Waals surface area contributed by atoms with Crippen molar-refractivity contribution >= 4 is 21.6 Å². The van der Waals surface area contributed by atoms with E-state index in [1.165, 1.54) is 11.2 Å². The molecular weight excluding hydrogens is 332 g/mol. The maximum absolute atomic E-state index is 12.3. The summed E-state index contributed by atoms with van der Waals surface area (Å²) in [7, 11) is -1.79. The first-order valence-electron chi connectivity index (χ1n) is 7.42. The van der Waals surface area contributed by atoms with E-state index in [0.29, 0.717) is 17.2 Å². The Labute approximate surface area is 140 Å². The number of carbonyl (C=O) groups excluding carboxylic acids is 1. The Morgan fingerprint density at radius 3 is 2.79 bits per heavy atom. The van der Waals surface area contributed by atoms with Crippen LogP contribution in [0.15, 0.2) is 47.1 Å². The third-order valence-electron chi connectivity index (χ3n) is 3.89. The van der Waals surface area contributed by atoms with Gasteiger partial charge in [0.25, 0.3) is 0 Å². The minimum Gasteiger partial charge on any atom is -0.497 e. The van der Waals surface area contributed by atoms with Gasteiger partial charge in [-0.1, -0.05) is 6.07 Å². The largest absolute Gasteiger partial charge is 0.497 e. The molecule has 0 radical (unpaired) electrons. The Morgan fingerprint density at radius 1 is 1.33 bits per heavy atom. The third kappa shape index (κ3) is 3.53. The zero-order valence-corrected chi connectivity index (χ0v) is 14.0. The van der Waals surface area contributed by atoms with Crippen molar-refractivity contribution in [3.8, 4) is 5.75 Å². The fourth-order valence-electron chi connectivity index (χ4n) is 2.45. The number of furan rings is 1. The predicted octanol–water partition coefficient (Wildman–Crippen LogP) is 2.12. The van der Waals surface area contributed by atoms with E-state index in [1.54, 1.807) is 43.5 Å². The number of methoxy groups -OCH3 is 1. The summed E-state index contributed by atoms with van der Waals surface area (Å²) in [5.74, 6) is 0.903. The van der Waals surface area contributed by atoms with Crippen LogP contribution in [0.4, 0.5) is 10.5 Å². The monoisotopic (exact) mass is 350 g/mol. The predicted molar refractivity (Wildman–Crippen MR) is 88.7 cm³/mol. The zero-order chi connectivity index (χ0) is 17.2. The number of benzene rings is 1. The van der Waals surface area contributed by atoms with Gasteiger partial charge in [-0.3, -0.25) is 0 Å². The first-order valence-corrected chi connectivity index (χ1v) is 9.13. The molecule has 24 heavy (non-hydrogen) atoms. The molecule has 1 N–H and O–H groups in total. The summed E-state index contributed by atoms with van der Waals surface area (Å²) < 4.78 is 34.7. The second-order valence-corrected chi connectivity index (χ2v) is 7.86. The van der Waals surface area contributed by atoms with E-state index in [4.69, 9.17) is 9.15 Å². The molecule has 3 rings (SSSR count). The van der Waals surface area contributed by atoms with Crippen LogP contribution in [0.3, 0.4) is 0 Å². The number of sulfone groups is 1. The molecule has 8 heteroatoms. The van der Waals surface area contributed by atoms with Gasteiger partial charge in [-0.25, -0.2) is 13.2 Å². The van der Waals surface area contributed by atoms with Crippen LogP contribution < -0.4 is 10.1 Å². The molecule has 1 aromatic carbocycles. The Bertz CT molecular complexity index is 811. The summed E-state index contributed by atoms with van der Waals surface area (Å²) in [5.41, 5.74) is 0.598. The SMILES string of the molecule is COc1cccc(NC(=O)N2CC(S(=O)(=O)Cc3ccco3)C2)c1.